The molecular formula is C20H23N3O3. The first-order valence-corrected chi connectivity index (χ1v) is 8.73. The molecule has 6 heteroatoms. The lowest BCUT2D eigenvalue weighted by Gasteiger charge is -2.17. The molecule has 3 N–H and O–H groups in total. The minimum Gasteiger partial charge on any atom is -0.488 e. The predicted octanol–water partition coefficient (Wildman–Crippen LogP) is 4.33. The van der Waals surface area contributed by atoms with E-state index < -0.39 is 5.91 Å². The number of aryl methyl sites for hydroxylation is 1. The number of nitrogens with zero attached hydrogens (tertiary/aromatic N) is 1. The van der Waals surface area contributed by atoms with Crippen molar-refractivity contribution >= 4 is 16.8 Å². The molecule has 3 aromatic rings. The van der Waals surface area contributed by atoms with E-state index in [0.717, 1.165) is 29.3 Å². The monoisotopic (exact) mass is 353 g/mol. The van der Waals surface area contributed by atoms with Crippen molar-refractivity contribution in [2.24, 2.45) is 5.73 Å². The largest absolute Gasteiger partial charge is 0.488 e. The third-order valence-corrected chi connectivity index (χ3v) is 4.24. The lowest BCUT2D eigenvalue weighted by molar-refractivity contribution is 0.0996. The molecule has 3 rings (SSSR count). The van der Waals surface area contributed by atoms with Gasteiger partial charge in [-0.05, 0) is 37.5 Å². The number of nitrogens with one attached hydrogen (secondary N) is 1. The summed E-state index contributed by atoms with van der Waals surface area (Å²) in [5.41, 5.74) is 7.53. The van der Waals surface area contributed by atoms with Gasteiger partial charge in [-0.25, -0.2) is 4.98 Å². The van der Waals surface area contributed by atoms with Crippen LogP contribution < -0.4 is 15.2 Å². The summed E-state index contributed by atoms with van der Waals surface area (Å²) >= 11 is 0. The Kier molecular flexibility index (Phi) is 5.11. The molecule has 0 aliphatic heterocycles. The quantitative estimate of drug-likeness (QED) is 0.661. The maximum absolute atomic E-state index is 11.5. The van der Waals surface area contributed by atoms with Crippen LogP contribution in [0, 0.1) is 6.92 Å². The number of benzene rings is 1. The Balaban J connectivity index is 2.02. The van der Waals surface area contributed by atoms with Crippen LogP contribution in [0.25, 0.3) is 10.9 Å². The molecule has 6 nitrogen and oxygen atoms in total. The van der Waals surface area contributed by atoms with Gasteiger partial charge in [-0.2, -0.15) is 0 Å². The van der Waals surface area contributed by atoms with Crippen LogP contribution in [0.4, 0.5) is 0 Å². The summed E-state index contributed by atoms with van der Waals surface area (Å²) in [4.78, 5) is 18.8. The number of hydrogen-bond donors (Lipinski definition) is 2. The van der Waals surface area contributed by atoms with Crippen molar-refractivity contribution in [1.82, 2.24) is 9.97 Å². The molecular weight excluding hydrogens is 330 g/mol. The molecule has 0 spiro atoms. The minimum atomic E-state index is -0.516. The highest BCUT2D eigenvalue weighted by Crippen LogP contribution is 2.34. The number of nitrogens with two attached hydrogens (primary N) is 1. The number of amides is 1. The average molecular weight is 353 g/mol. The summed E-state index contributed by atoms with van der Waals surface area (Å²) in [6, 6.07) is 9.09. The van der Waals surface area contributed by atoms with Gasteiger partial charge in [0, 0.05) is 23.7 Å². The topological polar surface area (TPSA) is 90.2 Å². The normalized spacial score (nSPS) is 11.1. The molecule has 0 aliphatic carbocycles. The van der Waals surface area contributed by atoms with E-state index in [1.807, 2.05) is 31.2 Å². The number of rotatable bonds is 7. The van der Waals surface area contributed by atoms with Gasteiger partial charge < -0.3 is 20.2 Å². The Morgan fingerprint density at radius 1 is 1.23 bits per heavy atom. The number of pyridine rings is 1. The van der Waals surface area contributed by atoms with E-state index in [2.05, 4.69) is 23.8 Å². The Morgan fingerprint density at radius 3 is 2.62 bits per heavy atom. The highest BCUT2D eigenvalue weighted by Gasteiger charge is 2.15. The number of aromatic nitrogens is 2. The van der Waals surface area contributed by atoms with Gasteiger partial charge in [0.15, 0.2) is 0 Å². The van der Waals surface area contributed by atoms with Crippen molar-refractivity contribution in [2.75, 3.05) is 0 Å². The zero-order chi connectivity index (χ0) is 18.7. The maximum atomic E-state index is 11.5. The smallest absolute Gasteiger partial charge is 0.265 e. The van der Waals surface area contributed by atoms with Gasteiger partial charge in [-0.3, -0.25) is 4.79 Å². The number of H-pyrrole nitrogens is 1. The first-order chi connectivity index (χ1) is 12.5. The highest BCUT2D eigenvalue weighted by atomic mass is 16.5. The van der Waals surface area contributed by atoms with Crippen molar-refractivity contribution < 1.29 is 14.3 Å². The van der Waals surface area contributed by atoms with Gasteiger partial charge in [0.2, 0.25) is 5.88 Å². The molecule has 0 aliphatic rings. The predicted molar refractivity (Wildman–Crippen MR) is 101 cm³/mol. The number of primary amides is 1. The van der Waals surface area contributed by atoms with Gasteiger partial charge in [0.1, 0.15) is 17.2 Å². The van der Waals surface area contributed by atoms with Crippen LogP contribution in [0.5, 0.6) is 17.4 Å². The standard InChI is InChI=1S/C20H23N3O3/c1-4-14(5-2)25-17-10-15(26-18-7-6-12(3)11-22-18)8-13-9-16(20(21)24)23-19(13)17/h6-11,14,23H,4-5H2,1-3H3,(H2,21,24). The van der Waals surface area contributed by atoms with E-state index in [-0.39, 0.29) is 6.10 Å². The van der Waals surface area contributed by atoms with Gasteiger partial charge in [-0.15, -0.1) is 0 Å². The molecule has 0 atom stereocenters. The number of fused-ring (bicyclic) bond motifs is 1. The minimum absolute atomic E-state index is 0.0753. The average Bonchev–Trinajstić information content (AvgIpc) is 3.06. The molecule has 0 saturated carbocycles. The first kappa shape index (κ1) is 17.8. The molecule has 0 unspecified atom stereocenters. The Hall–Kier alpha value is -3.02. The summed E-state index contributed by atoms with van der Waals surface area (Å²) < 4.78 is 12.0. The van der Waals surface area contributed by atoms with Crippen LogP contribution in [-0.4, -0.2) is 22.0 Å². The first-order valence-electron chi connectivity index (χ1n) is 8.73. The second-order valence-electron chi connectivity index (χ2n) is 6.27. The summed E-state index contributed by atoms with van der Waals surface area (Å²) in [5, 5.41) is 0.796. The van der Waals surface area contributed by atoms with Crippen molar-refractivity contribution in [3.63, 3.8) is 0 Å². The molecule has 2 aromatic heterocycles. The number of carbonyl (C=O) groups is 1. The zero-order valence-corrected chi connectivity index (χ0v) is 15.2. The van der Waals surface area contributed by atoms with E-state index in [1.54, 1.807) is 12.3 Å². The van der Waals surface area contributed by atoms with E-state index in [4.69, 9.17) is 15.2 Å². The molecule has 0 bridgehead atoms. The Labute approximate surface area is 152 Å². The molecule has 0 radical (unpaired) electrons. The second kappa shape index (κ2) is 7.47. The lowest BCUT2D eigenvalue weighted by atomic mass is 10.2. The molecule has 1 aromatic carbocycles. The number of carbonyl (C=O) groups excluding carboxylic acids is 1. The molecule has 0 saturated heterocycles. The van der Waals surface area contributed by atoms with Crippen LogP contribution >= 0.6 is 0 Å². The van der Waals surface area contributed by atoms with E-state index >= 15 is 0 Å². The van der Waals surface area contributed by atoms with Crippen LogP contribution in [0.15, 0.2) is 36.5 Å². The molecule has 26 heavy (non-hydrogen) atoms. The van der Waals surface area contributed by atoms with Crippen molar-refractivity contribution in [2.45, 2.75) is 39.7 Å². The van der Waals surface area contributed by atoms with Crippen molar-refractivity contribution in [3.05, 3.63) is 47.8 Å². The molecule has 2 heterocycles. The van der Waals surface area contributed by atoms with E-state index in [1.165, 1.54) is 0 Å². The zero-order valence-electron chi connectivity index (χ0n) is 15.2. The lowest BCUT2D eigenvalue weighted by Crippen LogP contribution is -2.14. The highest BCUT2D eigenvalue weighted by molar-refractivity contribution is 5.99. The third kappa shape index (κ3) is 3.79. The van der Waals surface area contributed by atoms with Crippen molar-refractivity contribution in [1.29, 1.82) is 0 Å². The van der Waals surface area contributed by atoms with Crippen LogP contribution in [0.1, 0.15) is 42.7 Å². The van der Waals surface area contributed by atoms with Gasteiger partial charge in [0.05, 0.1) is 11.6 Å². The van der Waals surface area contributed by atoms with E-state index in [9.17, 15) is 4.79 Å². The number of hydrogen-bond acceptors (Lipinski definition) is 4. The van der Waals surface area contributed by atoms with Crippen molar-refractivity contribution in [3.8, 4) is 17.4 Å². The molecule has 136 valence electrons. The summed E-state index contributed by atoms with van der Waals surface area (Å²) in [5.74, 6) is 1.20. The Bertz CT molecular complexity index is 912. The fourth-order valence-electron chi connectivity index (χ4n) is 2.74. The molecule has 1 amide bonds. The SMILES string of the molecule is CCC(CC)Oc1cc(Oc2ccc(C)cn2)cc2cc(C(N)=O)[nH]c12. The second-order valence-corrected chi connectivity index (χ2v) is 6.27. The number of aromatic amines is 1. The molecule has 0 fully saturated rings. The maximum Gasteiger partial charge on any atom is 0.265 e. The summed E-state index contributed by atoms with van der Waals surface area (Å²) in [6.45, 7) is 6.12. The summed E-state index contributed by atoms with van der Waals surface area (Å²) in [7, 11) is 0. The fourth-order valence-corrected chi connectivity index (χ4v) is 2.74. The van der Waals surface area contributed by atoms with E-state index in [0.29, 0.717) is 23.1 Å². The van der Waals surface area contributed by atoms with Gasteiger partial charge in [-0.1, -0.05) is 19.9 Å². The van der Waals surface area contributed by atoms with Crippen LogP contribution in [0.3, 0.4) is 0 Å². The van der Waals surface area contributed by atoms with Gasteiger partial charge >= 0.3 is 0 Å². The third-order valence-electron chi connectivity index (χ3n) is 4.24. The summed E-state index contributed by atoms with van der Waals surface area (Å²) in [6.07, 6.45) is 3.58. The number of ether oxygens (including phenoxy) is 2. The Morgan fingerprint density at radius 2 is 2.00 bits per heavy atom. The van der Waals surface area contributed by atoms with Crippen LogP contribution in [0.2, 0.25) is 0 Å². The van der Waals surface area contributed by atoms with Crippen LogP contribution in [-0.2, 0) is 0 Å². The van der Waals surface area contributed by atoms with Gasteiger partial charge in [0.25, 0.3) is 5.91 Å². The fraction of sp³-hybridized carbons (Fsp3) is 0.300.